The number of hydrogen-bond donors (Lipinski definition) is 1. The van der Waals surface area contributed by atoms with Gasteiger partial charge in [0.1, 0.15) is 17.1 Å². The molecule has 1 saturated heterocycles. The highest BCUT2D eigenvalue weighted by atomic mass is 31.0. The summed E-state index contributed by atoms with van der Waals surface area (Å²) in [6.07, 6.45) is 1.36. The van der Waals surface area contributed by atoms with Crippen LogP contribution < -0.4 is 15.8 Å². The standard InChI is InChI=1S/C19H19F2N4O3P/c1-25-17(26)12-4-5-27-9-19(12,24-18(25)22)13-7-11(2-3-15(13)29)28-16-14(21)6-10(20)8-23-16/h2-3,6-8,12H,4-5,9,29H2,1H3,(H2,22,24). The Morgan fingerprint density at radius 3 is 2.93 bits per heavy atom. The molecule has 1 aromatic heterocycles. The SMILES string of the molecule is CN1C(=O)C2CCOCC2(c2cc(Oc3ncc(F)cc3F)ccc2P)N=C1N. The van der Waals surface area contributed by atoms with Crippen LogP contribution in [0.2, 0.25) is 0 Å². The smallest absolute Gasteiger partial charge is 0.256 e. The van der Waals surface area contributed by atoms with Crippen molar-refractivity contribution in [1.29, 1.82) is 0 Å². The fourth-order valence-corrected chi connectivity index (χ4v) is 4.15. The number of halogens is 2. The molecule has 10 heteroatoms. The van der Waals surface area contributed by atoms with Gasteiger partial charge in [0, 0.05) is 19.7 Å². The summed E-state index contributed by atoms with van der Waals surface area (Å²) in [7, 11) is 4.19. The number of aromatic nitrogens is 1. The number of guanidine groups is 1. The third kappa shape index (κ3) is 3.34. The molecule has 29 heavy (non-hydrogen) atoms. The van der Waals surface area contributed by atoms with Crippen molar-refractivity contribution in [3.8, 4) is 11.6 Å². The molecule has 152 valence electrons. The van der Waals surface area contributed by atoms with E-state index in [0.29, 0.717) is 24.7 Å². The van der Waals surface area contributed by atoms with Gasteiger partial charge in [-0.1, -0.05) is 6.07 Å². The van der Waals surface area contributed by atoms with Crippen molar-refractivity contribution in [2.75, 3.05) is 20.3 Å². The van der Waals surface area contributed by atoms with E-state index in [1.807, 2.05) is 0 Å². The van der Waals surface area contributed by atoms with Gasteiger partial charge in [0.05, 0.1) is 18.7 Å². The fourth-order valence-electron chi connectivity index (χ4n) is 3.72. The first-order valence-electron chi connectivity index (χ1n) is 8.91. The van der Waals surface area contributed by atoms with Crippen LogP contribution in [0.15, 0.2) is 35.5 Å². The summed E-state index contributed by atoms with van der Waals surface area (Å²) in [5, 5.41) is 0.772. The normalized spacial score (nSPS) is 24.1. The Hall–Kier alpha value is -2.64. The second-order valence-corrected chi connectivity index (χ2v) is 7.60. The van der Waals surface area contributed by atoms with Crippen LogP contribution in [0.3, 0.4) is 0 Å². The number of nitrogens with two attached hydrogens (primary N) is 1. The van der Waals surface area contributed by atoms with Crippen LogP contribution in [0, 0.1) is 17.6 Å². The topological polar surface area (TPSA) is 90.0 Å². The van der Waals surface area contributed by atoms with E-state index >= 15 is 0 Å². The van der Waals surface area contributed by atoms with Crippen LogP contribution >= 0.6 is 9.24 Å². The minimum absolute atomic E-state index is 0.0960. The van der Waals surface area contributed by atoms with E-state index in [0.717, 1.165) is 11.5 Å². The number of nitrogens with zero attached hydrogens (tertiary/aromatic N) is 3. The van der Waals surface area contributed by atoms with Gasteiger partial charge in [-0.05, 0) is 29.4 Å². The van der Waals surface area contributed by atoms with E-state index in [1.165, 1.54) is 4.90 Å². The second kappa shape index (κ2) is 7.31. The predicted octanol–water partition coefficient (Wildman–Crippen LogP) is 1.67. The van der Waals surface area contributed by atoms with Gasteiger partial charge in [0.2, 0.25) is 5.91 Å². The number of benzene rings is 1. The lowest BCUT2D eigenvalue weighted by atomic mass is 9.74. The average molecular weight is 420 g/mol. The molecule has 3 atom stereocenters. The summed E-state index contributed by atoms with van der Waals surface area (Å²) in [6, 6.07) is 5.71. The Balaban J connectivity index is 1.79. The lowest BCUT2D eigenvalue weighted by Crippen LogP contribution is -2.59. The van der Waals surface area contributed by atoms with Gasteiger partial charge >= 0.3 is 0 Å². The molecular formula is C19H19F2N4O3P. The van der Waals surface area contributed by atoms with Crippen molar-refractivity contribution in [2.45, 2.75) is 12.0 Å². The zero-order valence-corrected chi connectivity index (χ0v) is 16.7. The van der Waals surface area contributed by atoms with Crippen LogP contribution in [0.1, 0.15) is 12.0 Å². The van der Waals surface area contributed by atoms with Gasteiger partial charge < -0.3 is 15.2 Å². The van der Waals surface area contributed by atoms with Crippen LogP contribution in [0.25, 0.3) is 0 Å². The molecule has 0 radical (unpaired) electrons. The third-order valence-electron chi connectivity index (χ3n) is 5.22. The Bertz CT molecular complexity index is 1020. The Morgan fingerprint density at radius 2 is 2.17 bits per heavy atom. The lowest BCUT2D eigenvalue weighted by molar-refractivity contribution is -0.140. The molecule has 4 rings (SSSR count). The van der Waals surface area contributed by atoms with Gasteiger partial charge in [-0.2, -0.15) is 0 Å². The van der Waals surface area contributed by atoms with Crippen LogP contribution in [0.5, 0.6) is 11.6 Å². The highest BCUT2D eigenvalue weighted by Crippen LogP contribution is 2.43. The van der Waals surface area contributed by atoms with E-state index in [-0.39, 0.29) is 30.1 Å². The molecule has 0 saturated carbocycles. The molecule has 1 aromatic carbocycles. The van der Waals surface area contributed by atoms with Crippen molar-refractivity contribution in [2.24, 2.45) is 16.6 Å². The number of amides is 1. The average Bonchev–Trinajstić information content (AvgIpc) is 2.69. The first-order valence-corrected chi connectivity index (χ1v) is 9.49. The fraction of sp³-hybridized carbons (Fsp3) is 0.316. The van der Waals surface area contributed by atoms with Crippen molar-refractivity contribution in [1.82, 2.24) is 9.88 Å². The van der Waals surface area contributed by atoms with E-state index < -0.39 is 23.1 Å². The Kier molecular flexibility index (Phi) is 4.96. The molecule has 0 aliphatic carbocycles. The predicted molar refractivity (Wildman–Crippen MR) is 105 cm³/mol. The number of fused-ring (bicyclic) bond motifs is 1. The molecule has 0 spiro atoms. The lowest BCUT2D eigenvalue weighted by Gasteiger charge is -2.45. The van der Waals surface area contributed by atoms with E-state index in [1.54, 1.807) is 25.2 Å². The number of pyridine rings is 1. The number of hydrogen-bond acceptors (Lipinski definition) is 6. The first-order chi connectivity index (χ1) is 13.8. The summed E-state index contributed by atoms with van der Waals surface area (Å²) in [5.74, 6) is -2.31. The monoisotopic (exact) mass is 420 g/mol. The summed E-state index contributed by atoms with van der Waals surface area (Å²) in [4.78, 5) is 22.5. The zero-order valence-electron chi connectivity index (χ0n) is 15.6. The molecule has 7 nitrogen and oxygen atoms in total. The zero-order chi connectivity index (χ0) is 20.8. The highest BCUT2D eigenvalue weighted by Gasteiger charge is 2.52. The van der Waals surface area contributed by atoms with Crippen molar-refractivity contribution < 1.29 is 23.0 Å². The summed E-state index contributed by atoms with van der Waals surface area (Å²) < 4.78 is 38.2. The van der Waals surface area contributed by atoms with Gasteiger partial charge in [-0.25, -0.2) is 18.8 Å². The van der Waals surface area contributed by atoms with E-state index in [9.17, 15) is 13.6 Å². The third-order valence-corrected chi connectivity index (χ3v) is 5.72. The van der Waals surface area contributed by atoms with Gasteiger partial charge in [0.15, 0.2) is 11.8 Å². The number of aliphatic imine (C=N–C) groups is 1. The van der Waals surface area contributed by atoms with Gasteiger partial charge in [0.25, 0.3) is 5.88 Å². The number of rotatable bonds is 3. The van der Waals surface area contributed by atoms with Gasteiger partial charge in [-0.15, -0.1) is 9.24 Å². The molecule has 2 N–H and O–H groups in total. The van der Waals surface area contributed by atoms with Crippen molar-refractivity contribution in [3.63, 3.8) is 0 Å². The van der Waals surface area contributed by atoms with E-state index in [4.69, 9.17) is 15.2 Å². The summed E-state index contributed by atoms with van der Waals surface area (Å²) in [6.45, 7) is 0.612. The number of carbonyl (C=O) groups excluding carboxylic acids is 1. The van der Waals surface area contributed by atoms with Crippen molar-refractivity contribution >= 4 is 26.4 Å². The summed E-state index contributed by atoms with van der Waals surface area (Å²) in [5.41, 5.74) is 5.66. The maximum Gasteiger partial charge on any atom is 0.256 e. The van der Waals surface area contributed by atoms with E-state index in [2.05, 4.69) is 19.2 Å². The largest absolute Gasteiger partial charge is 0.436 e. The van der Waals surface area contributed by atoms with Crippen LogP contribution in [-0.4, -0.2) is 42.0 Å². The maximum absolute atomic E-state index is 13.9. The highest BCUT2D eigenvalue weighted by molar-refractivity contribution is 7.27. The minimum atomic E-state index is -1.02. The minimum Gasteiger partial charge on any atom is -0.436 e. The molecular weight excluding hydrogens is 401 g/mol. The molecule has 1 fully saturated rings. The van der Waals surface area contributed by atoms with Crippen LogP contribution in [-0.2, 0) is 15.1 Å². The Labute approximate surface area is 168 Å². The molecule has 3 unspecified atom stereocenters. The quantitative estimate of drug-likeness (QED) is 0.763. The number of carbonyl (C=O) groups is 1. The molecule has 0 bridgehead atoms. The number of ether oxygens (including phenoxy) is 2. The summed E-state index contributed by atoms with van der Waals surface area (Å²) >= 11 is 0. The maximum atomic E-state index is 13.9. The molecule has 1 amide bonds. The second-order valence-electron chi connectivity index (χ2n) is 6.98. The van der Waals surface area contributed by atoms with Crippen LogP contribution in [0.4, 0.5) is 8.78 Å². The molecule has 2 aromatic rings. The van der Waals surface area contributed by atoms with Gasteiger partial charge in [-0.3, -0.25) is 9.69 Å². The first kappa shape index (κ1) is 19.7. The van der Waals surface area contributed by atoms with Crippen molar-refractivity contribution in [3.05, 3.63) is 47.7 Å². The molecule has 2 aliphatic heterocycles. The molecule has 2 aliphatic rings. The molecule has 3 heterocycles. The Morgan fingerprint density at radius 1 is 1.38 bits per heavy atom.